The summed E-state index contributed by atoms with van der Waals surface area (Å²) in [6.07, 6.45) is 4.26. The molecule has 0 spiro atoms. The zero-order chi connectivity index (χ0) is 21.4. The van der Waals surface area contributed by atoms with Crippen molar-refractivity contribution in [3.8, 4) is 22.6 Å². The minimum Gasteiger partial charge on any atom is -0.508 e. The van der Waals surface area contributed by atoms with Crippen molar-refractivity contribution >= 4 is 5.97 Å². The van der Waals surface area contributed by atoms with Crippen LogP contribution in [0.5, 0.6) is 11.5 Å². The molecule has 1 heterocycles. The molecule has 1 unspecified atom stereocenters. The molecule has 1 aliphatic heterocycles. The van der Waals surface area contributed by atoms with Gasteiger partial charge >= 0.3 is 5.97 Å². The van der Waals surface area contributed by atoms with Crippen molar-refractivity contribution in [2.24, 2.45) is 5.92 Å². The first-order chi connectivity index (χ1) is 15.1. The molecular formula is C27H26O4. The van der Waals surface area contributed by atoms with Crippen molar-refractivity contribution in [1.82, 2.24) is 0 Å². The molecule has 1 saturated carbocycles. The van der Waals surface area contributed by atoms with Gasteiger partial charge in [-0.05, 0) is 83.5 Å². The largest absolute Gasteiger partial charge is 0.508 e. The third-order valence-corrected chi connectivity index (χ3v) is 6.51. The highest BCUT2D eigenvalue weighted by Gasteiger charge is 2.34. The molecule has 0 saturated heterocycles. The average Bonchev–Trinajstić information content (AvgIpc) is 3.62. The van der Waals surface area contributed by atoms with E-state index < -0.39 is 5.97 Å². The Morgan fingerprint density at radius 1 is 0.968 bits per heavy atom. The summed E-state index contributed by atoms with van der Waals surface area (Å²) in [5, 5.41) is 19.0. The fourth-order valence-corrected chi connectivity index (χ4v) is 4.67. The van der Waals surface area contributed by atoms with Crippen LogP contribution in [0.2, 0.25) is 0 Å². The molecule has 0 amide bonds. The topological polar surface area (TPSA) is 66.8 Å². The van der Waals surface area contributed by atoms with Gasteiger partial charge in [0.15, 0.2) is 0 Å². The van der Waals surface area contributed by atoms with Gasteiger partial charge in [0.2, 0.25) is 0 Å². The number of fused-ring (bicyclic) bond motifs is 1. The second-order valence-corrected chi connectivity index (χ2v) is 8.73. The average molecular weight is 415 g/mol. The van der Waals surface area contributed by atoms with Gasteiger partial charge in [-0.2, -0.15) is 0 Å². The zero-order valence-electron chi connectivity index (χ0n) is 17.3. The lowest BCUT2D eigenvalue weighted by atomic mass is 9.88. The monoisotopic (exact) mass is 414 g/mol. The second kappa shape index (κ2) is 8.10. The number of aromatic hydroxyl groups is 1. The Hall–Kier alpha value is -3.27. The molecule has 158 valence electrons. The Labute approximate surface area is 182 Å². The number of carbonyl (C=O) groups is 1. The van der Waals surface area contributed by atoms with E-state index in [-0.39, 0.29) is 24.2 Å². The van der Waals surface area contributed by atoms with E-state index in [1.54, 1.807) is 12.1 Å². The van der Waals surface area contributed by atoms with Crippen molar-refractivity contribution in [1.29, 1.82) is 0 Å². The number of hydrogen-bond donors (Lipinski definition) is 2. The van der Waals surface area contributed by atoms with Crippen LogP contribution in [0, 0.1) is 5.92 Å². The summed E-state index contributed by atoms with van der Waals surface area (Å²) < 4.78 is 6.39. The van der Waals surface area contributed by atoms with E-state index in [4.69, 9.17) is 4.74 Å². The molecule has 5 rings (SSSR count). The SMILES string of the molecule is O=C(O)C[C@H](c1ccc2c(c1)OC(c1ccc(-c3cccc(O)c3)cc1)CC2)C1CC1. The quantitative estimate of drug-likeness (QED) is 0.512. The standard InChI is InChI=1S/C27H26O4/c28-23-3-1-2-21(14-23)17-4-8-19(9-5-17)25-13-12-20-10-11-22(15-26(20)31-25)24(16-27(29)30)18-6-7-18/h1-5,8-11,14-15,18,24-25,28H,6-7,12-13,16H2,(H,29,30)/t24-,25?/m0/s1. The molecular weight excluding hydrogens is 388 g/mol. The molecule has 1 fully saturated rings. The first-order valence-corrected chi connectivity index (χ1v) is 11.0. The van der Waals surface area contributed by atoms with Gasteiger partial charge in [-0.1, -0.05) is 48.5 Å². The Kier molecular flexibility index (Phi) is 5.14. The molecule has 2 aliphatic rings. The minimum atomic E-state index is -0.736. The number of ether oxygens (including phenoxy) is 1. The van der Waals surface area contributed by atoms with Crippen molar-refractivity contribution in [2.45, 2.75) is 44.1 Å². The molecule has 1 aliphatic carbocycles. The number of rotatable bonds is 6. The predicted molar refractivity (Wildman–Crippen MR) is 119 cm³/mol. The Morgan fingerprint density at radius 3 is 2.48 bits per heavy atom. The maximum absolute atomic E-state index is 11.3. The van der Waals surface area contributed by atoms with E-state index in [0.717, 1.165) is 53.7 Å². The predicted octanol–water partition coefficient (Wildman–Crippen LogP) is 6.09. The Balaban J connectivity index is 1.35. The van der Waals surface area contributed by atoms with Crippen LogP contribution in [0.4, 0.5) is 0 Å². The highest BCUT2D eigenvalue weighted by molar-refractivity contribution is 5.68. The molecule has 2 N–H and O–H groups in total. The maximum Gasteiger partial charge on any atom is 0.303 e. The van der Waals surface area contributed by atoms with Crippen LogP contribution in [0.25, 0.3) is 11.1 Å². The van der Waals surface area contributed by atoms with Crippen LogP contribution in [0.15, 0.2) is 66.7 Å². The smallest absolute Gasteiger partial charge is 0.303 e. The summed E-state index contributed by atoms with van der Waals surface area (Å²) in [5.41, 5.74) is 5.45. The van der Waals surface area contributed by atoms with Crippen LogP contribution >= 0.6 is 0 Å². The Morgan fingerprint density at radius 2 is 1.77 bits per heavy atom. The van der Waals surface area contributed by atoms with E-state index in [9.17, 15) is 15.0 Å². The summed E-state index contributed by atoms with van der Waals surface area (Å²) in [5.74, 6) is 0.978. The summed E-state index contributed by atoms with van der Waals surface area (Å²) in [7, 11) is 0. The molecule has 4 heteroatoms. The van der Waals surface area contributed by atoms with E-state index in [1.807, 2.05) is 12.1 Å². The maximum atomic E-state index is 11.3. The van der Waals surface area contributed by atoms with Crippen LogP contribution in [0.3, 0.4) is 0 Å². The number of benzene rings is 3. The van der Waals surface area contributed by atoms with Crippen LogP contribution in [-0.4, -0.2) is 16.2 Å². The lowest BCUT2D eigenvalue weighted by Crippen LogP contribution is -2.16. The van der Waals surface area contributed by atoms with Gasteiger partial charge in [0.05, 0.1) is 6.42 Å². The van der Waals surface area contributed by atoms with Crippen molar-refractivity contribution < 1.29 is 19.7 Å². The number of carboxylic acid groups (broad SMARTS) is 1. The third-order valence-electron chi connectivity index (χ3n) is 6.51. The zero-order valence-corrected chi connectivity index (χ0v) is 17.3. The fourth-order valence-electron chi connectivity index (χ4n) is 4.67. The van der Waals surface area contributed by atoms with Crippen LogP contribution in [-0.2, 0) is 11.2 Å². The van der Waals surface area contributed by atoms with E-state index in [2.05, 4.69) is 42.5 Å². The first kappa shape index (κ1) is 19.7. The third kappa shape index (κ3) is 4.29. The van der Waals surface area contributed by atoms with Crippen molar-refractivity contribution in [2.75, 3.05) is 0 Å². The molecule has 2 atom stereocenters. The van der Waals surface area contributed by atoms with Gasteiger partial charge in [-0.25, -0.2) is 0 Å². The van der Waals surface area contributed by atoms with E-state index in [0.29, 0.717) is 5.92 Å². The summed E-state index contributed by atoms with van der Waals surface area (Å²) >= 11 is 0. The Bertz CT molecular complexity index is 1100. The summed E-state index contributed by atoms with van der Waals surface area (Å²) in [6, 6.07) is 21.9. The number of aryl methyl sites for hydroxylation is 1. The normalized spacial score (nSPS) is 18.6. The lowest BCUT2D eigenvalue weighted by Gasteiger charge is -2.28. The van der Waals surface area contributed by atoms with Gasteiger partial charge in [-0.3, -0.25) is 4.79 Å². The van der Waals surface area contributed by atoms with Crippen molar-refractivity contribution in [3.63, 3.8) is 0 Å². The highest BCUT2D eigenvalue weighted by Crippen LogP contribution is 2.46. The second-order valence-electron chi connectivity index (χ2n) is 8.73. The van der Waals surface area contributed by atoms with Crippen molar-refractivity contribution in [3.05, 3.63) is 83.4 Å². The lowest BCUT2D eigenvalue weighted by molar-refractivity contribution is -0.137. The van der Waals surface area contributed by atoms with Gasteiger partial charge in [0.1, 0.15) is 17.6 Å². The molecule has 31 heavy (non-hydrogen) atoms. The number of carboxylic acids is 1. The van der Waals surface area contributed by atoms with Gasteiger partial charge in [0.25, 0.3) is 0 Å². The first-order valence-electron chi connectivity index (χ1n) is 11.0. The molecule has 0 bridgehead atoms. The van der Waals surface area contributed by atoms with Crippen LogP contribution in [0.1, 0.15) is 54.4 Å². The number of phenols is 1. The highest BCUT2D eigenvalue weighted by atomic mass is 16.5. The molecule has 0 aromatic heterocycles. The summed E-state index contributed by atoms with van der Waals surface area (Å²) in [4.78, 5) is 11.3. The molecule has 3 aromatic carbocycles. The van der Waals surface area contributed by atoms with Gasteiger partial charge in [0, 0.05) is 0 Å². The molecule has 4 nitrogen and oxygen atoms in total. The summed E-state index contributed by atoms with van der Waals surface area (Å²) in [6.45, 7) is 0. The molecule has 0 radical (unpaired) electrons. The van der Waals surface area contributed by atoms with Gasteiger partial charge in [-0.15, -0.1) is 0 Å². The van der Waals surface area contributed by atoms with E-state index in [1.165, 1.54) is 5.56 Å². The number of aliphatic carboxylic acids is 1. The van der Waals surface area contributed by atoms with Gasteiger partial charge < -0.3 is 14.9 Å². The minimum absolute atomic E-state index is 0.0141. The van der Waals surface area contributed by atoms with Crippen LogP contribution < -0.4 is 4.74 Å². The number of hydrogen-bond acceptors (Lipinski definition) is 3. The van der Waals surface area contributed by atoms with E-state index >= 15 is 0 Å². The fraction of sp³-hybridized carbons (Fsp3) is 0.296. The number of phenolic OH excluding ortho intramolecular Hbond substituents is 1. The molecule has 3 aromatic rings.